The molecular formula is C8H5F3INO2S. The van der Waals surface area contributed by atoms with Crippen LogP contribution in [0.2, 0.25) is 0 Å². The first-order chi connectivity index (χ1) is 7.33. The summed E-state index contributed by atoms with van der Waals surface area (Å²) in [6.07, 6.45) is 1.07. The van der Waals surface area contributed by atoms with E-state index in [1.807, 2.05) is 0 Å². The zero-order chi connectivity index (χ0) is 12.3. The summed E-state index contributed by atoms with van der Waals surface area (Å²) in [5.41, 5.74) is -4.24. The first kappa shape index (κ1) is 13.6. The van der Waals surface area contributed by atoms with Crippen LogP contribution in [0.4, 0.5) is 13.2 Å². The molecule has 0 saturated carbocycles. The third-order valence-electron chi connectivity index (χ3n) is 1.45. The van der Waals surface area contributed by atoms with Crippen molar-refractivity contribution in [3.05, 3.63) is 21.4 Å². The van der Waals surface area contributed by atoms with E-state index < -0.39 is 11.5 Å². The van der Waals surface area contributed by atoms with Gasteiger partial charge >= 0.3 is 11.5 Å². The third-order valence-corrected chi connectivity index (χ3v) is 3.01. The smallest absolute Gasteiger partial charge is 0.447 e. The van der Waals surface area contributed by atoms with Gasteiger partial charge in [0.2, 0.25) is 0 Å². The highest BCUT2D eigenvalue weighted by atomic mass is 127. The topological polar surface area (TPSA) is 39.2 Å². The minimum Gasteiger partial charge on any atom is -0.465 e. The summed E-state index contributed by atoms with van der Waals surface area (Å²) >= 11 is 1.43. The Hall–Kier alpha value is -0.510. The molecule has 88 valence electrons. The number of methoxy groups -OCH3 is 1. The average Bonchev–Trinajstić information content (AvgIpc) is 2.14. The van der Waals surface area contributed by atoms with Crippen LogP contribution in [-0.4, -0.2) is 23.6 Å². The van der Waals surface area contributed by atoms with E-state index in [2.05, 4.69) is 9.72 Å². The van der Waals surface area contributed by atoms with Gasteiger partial charge in [0, 0.05) is 21.5 Å². The molecule has 1 rings (SSSR count). The number of hydrogen-bond donors (Lipinski definition) is 0. The second kappa shape index (κ2) is 5.21. The van der Waals surface area contributed by atoms with Crippen LogP contribution in [0.15, 0.2) is 17.3 Å². The lowest BCUT2D eigenvalue weighted by Crippen LogP contribution is -2.06. The molecular weight excluding hydrogens is 358 g/mol. The molecule has 0 aromatic carbocycles. The predicted molar refractivity (Wildman–Crippen MR) is 60.2 cm³/mol. The minimum absolute atomic E-state index is 0.148. The zero-order valence-corrected chi connectivity index (χ0v) is 10.8. The van der Waals surface area contributed by atoms with Crippen molar-refractivity contribution in [2.75, 3.05) is 7.11 Å². The number of hydrogen-bond acceptors (Lipinski definition) is 4. The van der Waals surface area contributed by atoms with Crippen molar-refractivity contribution in [1.82, 2.24) is 4.98 Å². The van der Waals surface area contributed by atoms with Crippen molar-refractivity contribution < 1.29 is 22.7 Å². The summed E-state index contributed by atoms with van der Waals surface area (Å²) in [4.78, 5) is 14.7. The van der Waals surface area contributed by atoms with E-state index in [1.165, 1.54) is 13.2 Å². The molecule has 0 aliphatic carbocycles. The Morgan fingerprint density at radius 3 is 2.62 bits per heavy atom. The second-order valence-corrected chi connectivity index (χ2v) is 4.79. The highest BCUT2D eigenvalue weighted by Crippen LogP contribution is 2.36. The van der Waals surface area contributed by atoms with Gasteiger partial charge in [0.1, 0.15) is 5.03 Å². The number of pyridine rings is 1. The number of esters is 1. The molecule has 0 bridgehead atoms. The summed E-state index contributed by atoms with van der Waals surface area (Å²) in [6, 6.07) is 1.19. The average molecular weight is 363 g/mol. The summed E-state index contributed by atoms with van der Waals surface area (Å²) in [5.74, 6) is -0.625. The molecule has 0 aliphatic heterocycles. The van der Waals surface area contributed by atoms with E-state index in [-0.39, 0.29) is 22.4 Å². The van der Waals surface area contributed by atoms with Gasteiger partial charge in [0.05, 0.1) is 12.7 Å². The van der Waals surface area contributed by atoms with E-state index in [0.717, 1.165) is 6.20 Å². The summed E-state index contributed by atoms with van der Waals surface area (Å²) in [5, 5.41) is -0.204. The largest absolute Gasteiger partial charge is 0.465 e. The monoisotopic (exact) mass is 363 g/mol. The number of alkyl halides is 3. The van der Waals surface area contributed by atoms with Crippen LogP contribution >= 0.6 is 34.4 Å². The molecule has 16 heavy (non-hydrogen) atoms. The van der Waals surface area contributed by atoms with Crippen LogP contribution < -0.4 is 0 Å². The van der Waals surface area contributed by atoms with Crippen LogP contribution in [0.3, 0.4) is 0 Å². The molecule has 1 heterocycles. The lowest BCUT2D eigenvalue weighted by molar-refractivity contribution is -0.0329. The van der Waals surface area contributed by atoms with Crippen molar-refractivity contribution in [2.45, 2.75) is 10.5 Å². The molecule has 0 saturated heterocycles. The molecule has 1 aromatic heterocycles. The molecule has 0 radical (unpaired) electrons. The maximum absolute atomic E-state index is 12.0. The van der Waals surface area contributed by atoms with Gasteiger partial charge in [-0.25, -0.2) is 9.78 Å². The summed E-state index contributed by atoms with van der Waals surface area (Å²) in [7, 11) is 1.19. The highest BCUT2D eigenvalue weighted by Gasteiger charge is 2.30. The van der Waals surface area contributed by atoms with E-state index in [4.69, 9.17) is 0 Å². The van der Waals surface area contributed by atoms with Crippen molar-refractivity contribution in [1.29, 1.82) is 0 Å². The number of carbonyl (C=O) groups excluding carboxylic acids is 1. The molecule has 8 heteroatoms. The first-order valence-electron chi connectivity index (χ1n) is 3.83. The Labute approximate surface area is 107 Å². The maximum atomic E-state index is 12.0. The second-order valence-electron chi connectivity index (χ2n) is 2.54. The number of aromatic nitrogens is 1. The highest BCUT2D eigenvalue weighted by molar-refractivity contribution is 14.1. The van der Waals surface area contributed by atoms with Gasteiger partial charge < -0.3 is 4.74 Å². The fraction of sp³-hybridized carbons (Fsp3) is 0.250. The molecule has 0 fully saturated rings. The lowest BCUT2D eigenvalue weighted by Gasteiger charge is -2.06. The van der Waals surface area contributed by atoms with Gasteiger partial charge in [0.15, 0.2) is 0 Å². The van der Waals surface area contributed by atoms with Gasteiger partial charge in [0.25, 0.3) is 0 Å². The minimum atomic E-state index is -4.39. The SMILES string of the molecule is COC(=O)c1cnc(SC(F)(F)F)cc1I. The van der Waals surface area contributed by atoms with Crippen molar-refractivity contribution >= 4 is 40.3 Å². The molecule has 0 spiro atoms. The Morgan fingerprint density at radius 2 is 2.19 bits per heavy atom. The molecule has 0 N–H and O–H groups in total. The van der Waals surface area contributed by atoms with Gasteiger partial charge in [-0.1, -0.05) is 0 Å². The number of rotatable bonds is 2. The standard InChI is InChI=1S/C8H5F3INO2S/c1-15-7(14)4-3-13-6(2-5(4)12)16-8(9,10)11/h2-3H,1H3. The van der Waals surface area contributed by atoms with E-state index >= 15 is 0 Å². The van der Waals surface area contributed by atoms with Crippen molar-refractivity contribution in [2.24, 2.45) is 0 Å². The van der Waals surface area contributed by atoms with Gasteiger partial charge in [-0.15, -0.1) is 0 Å². The Balaban J connectivity index is 2.96. The molecule has 0 aliphatic rings. The van der Waals surface area contributed by atoms with Crippen LogP contribution in [0.1, 0.15) is 10.4 Å². The molecule has 0 amide bonds. The normalized spacial score (nSPS) is 11.3. The number of nitrogens with zero attached hydrogens (tertiary/aromatic N) is 1. The van der Waals surface area contributed by atoms with Crippen molar-refractivity contribution in [3.63, 3.8) is 0 Å². The summed E-state index contributed by atoms with van der Waals surface area (Å²) < 4.78 is 40.9. The molecule has 1 aromatic rings. The fourth-order valence-electron chi connectivity index (χ4n) is 0.848. The van der Waals surface area contributed by atoms with E-state index in [1.54, 1.807) is 22.6 Å². The summed E-state index contributed by atoms with van der Waals surface area (Å²) in [6.45, 7) is 0. The zero-order valence-electron chi connectivity index (χ0n) is 7.84. The number of thioether (sulfide) groups is 1. The van der Waals surface area contributed by atoms with Crippen molar-refractivity contribution in [3.8, 4) is 0 Å². The molecule has 3 nitrogen and oxygen atoms in total. The van der Waals surface area contributed by atoms with Crippen LogP contribution in [0.5, 0.6) is 0 Å². The third kappa shape index (κ3) is 3.81. The Morgan fingerprint density at radius 1 is 1.56 bits per heavy atom. The molecule has 0 atom stereocenters. The van der Waals surface area contributed by atoms with Gasteiger partial charge in [-0.3, -0.25) is 0 Å². The lowest BCUT2D eigenvalue weighted by atomic mass is 10.3. The molecule has 0 unspecified atom stereocenters. The number of ether oxygens (including phenoxy) is 1. The van der Waals surface area contributed by atoms with Crippen LogP contribution in [-0.2, 0) is 4.74 Å². The quantitative estimate of drug-likeness (QED) is 0.460. The maximum Gasteiger partial charge on any atom is 0.447 e. The Kier molecular flexibility index (Phi) is 4.42. The Bertz CT molecular complexity index is 411. The first-order valence-corrected chi connectivity index (χ1v) is 5.72. The van der Waals surface area contributed by atoms with Crippen LogP contribution in [0.25, 0.3) is 0 Å². The van der Waals surface area contributed by atoms with E-state index in [9.17, 15) is 18.0 Å². The van der Waals surface area contributed by atoms with Crippen LogP contribution in [0, 0.1) is 3.57 Å². The number of halogens is 4. The fourth-order valence-corrected chi connectivity index (χ4v) is 2.23. The van der Waals surface area contributed by atoms with E-state index in [0.29, 0.717) is 3.57 Å². The van der Waals surface area contributed by atoms with Gasteiger partial charge in [-0.05, 0) is 28.7 Å². The number of carbonyl (C=O) groups is 1. The van der Waals surface area contributed by atoms with Gasteiger partial charge in [-0.2, -0.15) is 13.2 Å². The predicted octanol–water partition coefficient (Wildman–Crippen LogP) is 3.08.